The molecule has 0 spiro atoms. The number of para-hydroxylation sites is 1. The fourth-order valence-corrected chi connectivity index (χ4v) is 2.68. The number of nitrogens with one attached hydrogen (secondary N) is 2. The average molecular weight is 342 g/mol. The van der Waals surface area contributed by atoms with Crippen LogP contribution in [0.2, 0.25) is 0 Å². The molecule has 1 aromatic carbocycles. The lowest BCUT2D eigenvalue weighted by Crippen LogP contribution is -2.44. The Morgan fingerprint density at radius 1 is 1.26 bits per heavy atom. The topological polar surface area (TPSA) is 53.6 Å². The van der Waals surface area contributed by atoms with Crippen molar-refractivity contribution in [1.29, 1.82) is 0 Å². The number of hydrogen-bond acceptors (Lipinski definition) is 4. The Labute approximate surface area is 145 Å². The van der Waals surface area contributed by atoms with Gasteiger partial charge in [-0.2, -0.15) is 0 Å². The number of carbonyl (C=O) groups is 1. The third kappa shape index (κ3) is 6.77. The number of ether oxygens (including phenoxy) is 1. The zero-order chi connectivity index (χ0) is 15.8. The van der Waals surface area contributed by atoms with Gasteiger partial charge in [-0.15, -0.1) is 12.4 Å². The Morgan fingerprint density at radius 2 is 1.91 bits per heavy atom. The van der Waals surface area contributed by atoms with Gasteiger partial charge in [0, 0.05) is 32.7 Å². The summed E-state index contributed by atoms with van der Waals surface area (Å²) in [5.41, 5.74) is 2.12. The zero-order valence-corrected chi connectivity index (χ0v) is 14.9. The SMILES string of the molecule is Cc1cccc(C)c1OCC(=O)NCCCN1CCNCC1.Cl. The summed E-state index contributed by atoms with van der Waals surface area (Å²) in [5, 5.41) is 6.26. The minimum atomic E-state index is -0.0528. The van der Waals surface area contributed by atoms with Crippen LogP contribution in [0.4, 0.5) is 0 Å². The summed E-state index contributed by atoms with van der Waals surface area (Å²) < 4.78 is 5.65. The van der Waals surface area contributed by atoms with E-state index < -0.39 is 0 Å². The van der Waals surface area contributed by atoms with E-state index in [0.29, 0.717) is 6.54 Å². The van der Waals surface area contributed by atoms with Crippen LogP contribution in [0.1, 0.15) is 17.5 Å². The monoisotopic (exact) mass is 341 g/mol. The first-order valence-electron chi connectivity index (χ1n) is 8.05. The number of rotatable bonds is 7. The van der Waals surface area contributed by atoms with Crippen molar-refractivity contribution < 1.29 is 9.53 Å². The van der Waals surface area contributed by atoms with Crippen molar-refractivity contribution in [2.75, 3.05) is 45.9 Å². The van der Waals surface area contributed by atoms with Crippen LogP contribution in [-0.2, 0) is 4.79 Å². The van der Waals surface area contributed by atoms with Gasteiger partial charge in [-0.25, -0.2) is 0 Å². The molecule has 1 aromatic rings. The maximum absolute atomic E-state index is 11.8. The number of benzene rings is 1. The summed E-state index contributed by atoms with van der Waals surface area (Å²) in [6.07, 6.45) is 0.981. The highest BCUT2D eigenvalue weighted by atomic mass is 35.5. The van der Waals surface area contributed by atoms with E-state index in [-0.39, 0.29) is 24.9 Å². The van der Waals surface area contributed by atoms with Crippen molar-refractivity contribution in [3.63, 3.8) is 0 Å². The highest BCUT2D eigenvalue weighted by molar-refractivity contribution is 5.85. The second-order valence-corrected chi connectivity index (χ2v) is 5.80. The second-order valence-electron chi connectivity index (χ2n) is 5.80. The summed E-state index contributed by atoms with van der Waals surface area (Å²) in [6.45, 7) is 10.2. The number of halogens is 1. The van der Waals surface area contributed by atoms with E-state index in [9.17, 15) is 4.79 Å². The third-order valence-electron chi connectivity index (χ3n) is 3.94. The van der Waals surface area contributed by atoms with E-state index in [2.05, 4.69) is 15.5 Å². The molecule has 0 radical (unpaired) electrons. The summed E-state index contributed by atoms with van der Waals surface area (Å²) in [6, 6.07) is 5.98. The first-order chi connectivity index (χ1) is 10.7. The van der Waals surface area contributed by atoms with Gasteiger partial charge < -0.3 is 20.3 Å². The fraction of sp³-hybridized carbons (Fsp3) is 0.588. The summed E-state index contributed by atoms with van der Waals surface area (Å²) in [5.74, 6) is 0.765. The lowest BCUT2D eigenvalue weighted by molar-refractivity contribution is -0.123. The predicted molar refractivity (Wildman–Crippen MR) is 95.6 cm³/mol. The molecule has 1 heterocycles. The molecule has 1 amide bonds. The summed E-state index contributed by atoms with van der Waals surface area (Å²) in [4.78, 5) is 14.3. The molecule has 0 unspecified atom stereocenters. The van der Waals surface area contributed by atoms with Crippen LogP contribution < -0.4 is 15.4 Å². The van der Waals surface area contributed by atoms with E-state index in [0.717, 1.165) is 56.0 Å². The summed E-state index contributed by atoms with van der Waals surface area (Å²) in [7, 11) is 0. The molecule has 130 valence electrons. The van der Waals surface area contributed by atoms with E-state index in [1.165, 1.54) is 0 Å². The van der Waals surface area contributed by atoms with E-state index in [1.54, 1.807) is 0 Å². The molecule has 1 saturated heterocycles. The van der Waals surface area contributed by atoms with Crippen molar-refractivity contribution in [1.82, 2.24) is 15.5 Å². The highest BCUT2D eigenvalue weighted by Crippen LogP contribution is 2.21. The zero-order valence-electron chi connectivity index (χ0n) is 14.1. The van der Waals surface area contributed by atoms with Crippen LogP contribution in [0.3, 0.4) is 0 Å². The second kappa shape index (κ2) is 10.5. The minimum absolute atomic E-state index is 0. The maximum atomic E-state index is 11.8. The van der Waals surface area contributed by atoms with Crippen LogP contribution in [0.25, 0.3) is 0 Å². The van der Waals surface area contributed by atoms with Crippen LogP contribution in [0.5, 0.6) is 5.75 Å². The lowest BCUT2D eigenvalue weighted by atomic mass is 10.1. The average Bonchev–Trinajstić information content (AvgIpc) is 2.52. The molecule has 2 rings (SSSR count). The molecule has 1 fully saturated rings. The van der Waals surface area contributed by atoms with E-state index >= 15 is 0 Å². The van der Waals surface area contributed by atoms with Gasteiger partial charge >= 0.3 is 0 Å². The molecular formula is C17H28ClN3O2. The van der Waals surface area contributed by atoms with E-state index in [1.807, 2.05) is 32.0 Å². The predicted octanol–water partition coefficient (Wildman–Crippen LogP) is 1.52. The number of hydrogen-bond donors (Lipinski definition) is 2. The van der Waals surface area contributed by atoms with Crippen LogP contribution in [-0.4, -0.2) is 56.7 Å². The quantitative estimate of drug-likeness (QED) is 0.738. The first-order valence-corrected chi connectivity index (χ1v) is 8.05. The molecule has 0 saturated carbocycles. The van der Waals surface area contributed by atoms with E-state index in [4.69, 9.17) is 4.74 Å². The number of nitrogens with zero attached hydrogens (tertiary/aromatic N) is 1. The Bertz CT molecular complexity index is 470. The Kier molecular flexibility index (Phi) is 8.99. The number of amides is 1. The Morgan fingerprint density at radius 3 is 2.57 bits per heavy atom. The van der Waals surface area contributed by atoms with Crippen molar-refractivity contribution in [2.24, 2.45) is 0 Å². The van der Waals surface area contributed by atoms with Gasteiger partial charge in [-0.1, -0.05) is 18.2 Å². The fourth-order valence-electron chi connectivity index (χ4n) is 2.68. The van der Waals surface area contributed by atoms with Gasteiger partial charge in [0.15, 0.2) is 6.61 Å². The lowest BCUT2D eigenvalue weighted by Gasteiger charge is -2.27. The van der Waals surface area contributed by atoms with Crippen LogP contribution in [0.15, 0.2) is 18.2 Å². The molecule has 0 bridgehead atoms. The van der Waals surface area contributed by atoms with Crippen LogP contribution in [0, 0.1) is 13.8 Å². The van der Waals surface area contributed by atoms with Gasteiger partial charge in [0.2, 0.25) is 0 Å². The molecule has 6 heteroatoms. The van der Waals surface area contributed by atoms with Gasteiger partial charge in [-0.3, -0.25) is 4.79 Å². The highest BCUT2D eigenvalue weighted by Gasteiger charge is 2.09. The standard InChI is InChI=1S/C17H27N3O2.ClH/c1-14-5-3-6-15(2)17(14)22-13-16(21)19-7-4-10-20-11-8-18-9-12-20;/h3,5-6,18H,4,7-13H2,1-2H3,(H,19,21);1H. The number of piperazine rings is 1. The molecule has 0 aromatic heterocycles. The molecule has 1 aliphatic rings. The van der Waals surface area contributed by atoms with Crippen LogP contribution >= 0.6 is 12.4 Å². The van der Waals surface area contributed by atoms with Gasteiger partial charge in [0.05, 0.1) is 0 Å². The van der Waals surface area contributed by atoms with Gasteiger partial charge in [0.1, 0.15) is 5.75 Å². The van der Waals surface area contributed by atoms with Gasteiger partial charge in [0.25, 0.3) is 5.91 Å². The smallest absolute Gasteiger partial charge is 0.257 e. The van der Waals surface area contributed by atoms with Crippen molar-refractivity contribution in [2.45, 2.75) is 20.3 Å². The molecule has 0 atom stereocenters. The molecule has 5 nitrogen and oxygen atoms in total. The maximum Gasteiger partial charge on any atom is 0.257 e. The molecule has 1 aliphatic heterocycles. The first kappa shape index (κ1) is 19.7. The molecular weight excluding hydrogens is 314 g/mol. The summed E-state index contributed by atoms with van der Waals surface area (Å²) >= 11 is 0. The Balaban J connectivity index is 0.00000264. The number of aryl methyl sites for hydroxylation is 2. The van der Waals surface area contributed by atoms with Crippen molar-refractivity contribution >= 4 is 18.3 Å². The van der Waals surface area contributed by atoms with Crippen molar-refractivity contribution in [3.05, 3.63) is 29.3 Å². The molecule has 2 N–H and O–H groups in total. The Hall–Kier alpha value is -1.30. The number of carbonyl (C=O) groups excluding carboxylic acids is 1. The largest absolute Gasteiger partial charge is 0.483 e. The minimum Gasteiger partial charge on any atom is -0.483 e. The normalized spacial score (nSPS) is 14.9. The van der Waals surface area contributed by atoms with Gasteiger partial charge in [-0.05, 0) is 37.9 Å². The molecule has 23 heavy (non-hydrogen) atoms. The van der Waals surface area contributed by atoms with Crippen molar-refractivity contribution in [3.8, 4) is 5.75 Å². The third-order valence-corrected chi connectivity index (χ3v) is 3.94. The molecule has 0 aliphatic carbocycles.